The minimum absolute atomic E-state index is 0.292. The van der Waals surface area contributed by atoms with E-state index in [1.165, 1.54) is 0 Å². The molecule has 1 aliphatic heterocycles. The third-order valence-electron chi connectivity index (χ3n) is 2.42. The number of aromatic nitrogens is 2. The van der Waals surface area contributed by atoms with Crippen LogP contribution < -0.4 is 10.4 Å². The molecule has 0 bridgehead atoms. The van der Waals surface area contributed by atoms with Gasteiger partial charge in [0.05, 0.1) is 12.8 Å². The normalized spacial score (nSPS) is 32.2. The molecule has 1 aliphatic rings. The molecule has 100 valence electrons. The molecule has 1 saturated heterocycles. The van der Waals surface area contributed by atoms with Crippen LogP contribution in [0.15, 0.2) is 11.0 Å². The van der Waals surface area contributed by atoms with Gasteiger partial charge in [-0.2, -0.15) is 9.37 Å². The highest BCUT2D eigenvalue weighted by molar-refractivity contribution is 5.09. The van der Waals surface area contributed by atoms with Crippen LogP contribution >= 0.6 is 0 Å². The summed E-state index contributed by atoms with van der Waals surface area (Å²) >= 11 is 0. The largest absolute Gasteiger partial charge is 0.444 e. The van der Waals surface area contributed by atoms with E-state index >= 15 is 0 Å². The van der Waals surface area contributed by atoms with Crippen molar-refractivity contribution in [3.05, 3.63) is 22.5 Å². The average molecular weight is 262 g/mol. The molecule has 0 radical (unpaired) electrons. The molecule has 2 heterocycles. The maximum absolute atomic E-state index is 13.2. The number of aliphatic hydroxyl groups excluding tert-OH is 3. The summed E-state index contributed by atoms with van der Waals surface area (Å²) in [5, 5.41) is 28.1. The molecule has 0 spiro atoms. The molecular weight excluding hydrogens is 251 g/mol. The Morgan fingerprint density at radius 2 is 2.17 bits per heavy atom. The van der Waals surface area contributed by atoms with Gasteiger partial charge in [-0.05, 0) is 0 Å². The first-order valence-corrected chi connectivity index (χ1v) is 5.06. The zero-order valence-corrected chi connectivity index (χ0v) is 8.99. The van der Waals surface area contributed by atoms with Crippen LogP contribution in [0.1, 0.15) is 0 Å². The zero-order chi connectivity index (χ0) is 13.3. The predicted molar refractivity (Wildman–Crippen MR) is 53.2 cm³/mol. The number of nitrogens with zero attached hydrogens (tertiary/aromatic N) is 1. The van der Waals surface area contributed by atoms with Gasteiger partial charge in [0.25, 0.3) is 0 Å². The minimum atomic E-state index is -1.58. The van der Waals surface area contributed by atoms with E-state index in [4.69, 9.17) is 9.47 Å². The maximum atomic E-state index is 13.2. The molecule has 4 N–H and O–H groups in total. The highest BCUT2D eigenvalue weighted by Crippen LogP contribution is 2.19. The molecule has 18 heavy (non-hydrogen) atoms. The molecular formula is C9H11FN2O6. The molecule has 1 aromatic heterocycles. The summed E-state index contributed by atoms with van der Waals surface area (Å²) in [6.45, 7) is -0.292. The summed E-state index contributed by atoms with van der Waals surface area (Å²) in [4.78, 5) is 16.0. The standard InChI is InChI=1S/C9H11FN2O6/c10-3-1-11-9(16)12-7(3)18-8-6(15)5(14)4(13)2-17-8/h1,4-6,8,13-15H,2H2,(H,11,12,16)/t4-,5-,6-,8+/m1/s1. The van der Waals surface area contributed by atoms with Crippen molar-refractivity contribution in [2.75, 3.05) is 6.61 Å². The van der Waals surface area contributed by atoms with Crippen LogP contribution in [0, 0.1) is 5.82 Å². The number of hydrogen-bond donors (Lipinski definition) is 4. The van der Waals surface area contributed by atoms with Crippen molar-refractivity contribution in [1.29, 1.82) is 0 Å². The maximum Gasteiger partial charge on any atom is 0.347 e. The number of hydrogen-bond acceptors (Lipinski definition) is 7. The van der Waals surface area contributed by atoms with Gasteiger partial charge < -0.3 is 24.8 Å². The van der Waals surface area contributed by atoms with Gasteiger partial charge in [-0.3, -0.25) is 4.98 Å². The Morgan fingerprint density at radius 1 is 1.44 bits per heavy atom. The first-order chi connectivity index (χ1) is 8.49. The fourth-order valence-corrected chi connectivity index (χ4v) is 1.45. The molecule has 0 aromatic carbocycles. The number of H-pyrrole nitrogens is 1. The van der Waals surface area contributed by atoms with Gasteiger partial charge >= 0.3 is 5.69 Å². The topological polar surface area (TPSA) is 125 Å². The van der Waals surface area contributed by atoms with E-state index in [1.807, 2.05) is 4.98 Å². The average Bonchev–Trinajstić information content (AvgIpc) is 2.34. The van der Waals surface area contributed by atoms with E-state index < -0.39 is 42.0 Å². The van der Waals surface area contributed by atoms with Crippen molar-refractivity contribution in [2.24, 2.45) is 0 Å². The van der Waals surface area contributed by atoms with E-state index in [2.05, 4.69) is 4.98 Å². The molecule has 0 aliphatic carbocycles. The van der Waals surface area contributed by atoms with Gasteiger partial charge in [-0.15, -0.1) is 0 Å². The highest BCUT2D eigenvalue weighted by atomic mass is 19.1. The summed E-state index contributed by atoms with van der Waals surface area (Å²) in [6.07, 6.45) is -5.09. The summed E-state index contributed by atoms with van der Waals surface area (Å²) < 4.78 is 23.0. The lowest BCUT2D eigenvalue weighted by molar-refractivity contribution is -0.243. The lowest BCUT2D eigenvalue weighted by Crippen LogP contribution is -2.55. The summed E-state index contributed by atoms with van der Waals surface area (Å²) in [6, 6.07) is 0. The van der Waals surface area contributed by atoms with Gasteiger partial charge in [0, 0.05) is 0 Å². The Hall–Kier alpha value is -1.55. The SMILES string of the molecule is O=c1ncc(F)c(O[C@@H]2OC[C@@H](O)[C@@H](O)[C@H]2O)[nH]1. The Bertz CT molecular complexity index is 480. The van der Waals surface area contributed by atoms with Crippen molar-refractivity contribution < 1.29 is 29.2 Å². The predicted octanol–water partition coefficient (Wildman–Crippen LogP) is -2.27. The summed E-state index contributed by atoms with van der Waals surface area (Å²) in [7, 11) is 0. The molecule has 9 heteroatoms. The first-order valence-electron chi connectivity index (χ1n) is 5.06. The van der Waals surface area contributed by atoms with E-state index in [-0.39, 0.29) is 6.61 Å². The van der Waals surface area contributed by atoms with Gasteiger partial charge in [0.15, 0.2) is 0 Å². The van der Waals surface area contributed by atoms with Gasteiger partial charge in [-0.1, -0.05) is 0 Å². The number of aromatic amines is 1. The van der Waals surface area contributed by atoms with Crippen LogP contribution in [0.3, 0.4) is 0 Å². The Labute approximate surface area is 99.6 Å². The molecule has 4 atom stereocenters. The quantitative estimate of drug-likeness (QED) is 0.473. The van der Waals surface area contributed by atoms with Gasteiger partial charge in [0.1, 0.15) is 18.3 Å². The van der Waals surface area contributed by atoms with Crippen LogP contribution in [0.4, 0.5) is 4.39 Å². The highest BCUT2D eigenvalue weighted by Gasteiger charge is 2.39. The van der Waals surface area contributed by atoms with Crippen LogP contribution in [0.25, 0.3) is 0 Å². The molecule has 0 amide bonds. The number of rotatable bonds is 2. The van der Waals surface area contributed by atoms with Crippen molar-refractivity contribution in [1.82, 2.24) is 9.97 Å². The summed E-state index contributed by atoms with van der Waals surface area (Å²) in [5.41, 5.74) is -0.836. The van der Waals surface area contributed by atoms with Gasteiger partial charge in [-0.25, -0.2) is 4.79 Å². The Balaban J connectivity index is 2.14. The van der Waals surface area contributed by atoms with Crippen LogP contribution in [0.5, 0.6) is 5.88 Å². The van der Waals surface area contributed by atoms with Crippen LogP contribution in [0.2, 0.25) is 0 Å². The second-order valence-corrected chi connectivity index (χ2v) is 3.73. The zero-order valence-electron chi connectivity index (χ0n) is 8.99. The molecule has 0 saturated carbocycles. The molecule has 2 rings (SSSR count). The minimum Gasteiger partial charge on any atom is -0.444 e. The first kappa shape index (κ1) is 12.9. The number of nitrogens with one attached hydrogen (secondary N) is 1. The number of aliphatic hydroxyl groups is 3. The second kappa shape index (κ2) is 4.98. The molecule has 8 nitrogen and oxygen atoms in total. The van der Waals surface area contributed by atoms with E-state index in [1.54, 1.807) is 0 Å². The van der Waals surface area contributed by atoms with Crippen molar-refractivity contribution in [3.63, 3.8) is 0 Å². The molecule has 0 unspecified atom stereocenters. The van der Waals surface area contributed by atoms with E-state index in [0.717, 1.165) is 0 Å². The third-order valence-corrected chi connectivity index (χ3v) is 2.42. The third kappa shape index (κ3) is 2.48. The summed E-state index contributed by atoms with van der Waals surface area (Å²) in [5.74, 6) is -1.52. The van der Waals surface area contributed by atoms with Crippen LogP contribution in [-0.4, -0.2) is 56.5 Å². The van der Waals surface area contributed by atoms with Gasteiger partial charge in [0.2, 0.25) is 18.0 Å². The second-order valence-electron chi connectivity index (χ2n) is 3.73. The molecule has 1 aromatic rings. The number of ether oxygens (including phenoxy) is 2. The lowest BCUT2D eigenvalue weighted by Gasteiger charge is -2.34. The Kier molecular flexibility index (Phi) is 3.57. The Morgan fingerprint density at radius 3 is 2.89 bits per heavy atom. The monoisotopic (exact) mass is 262 g/mol. The fraction of sp³-hybridized carbons (Fsp3) is 0.556. The smallest absolute Gasteiger partial charge is 0.347 e. The van der Waals surface area contributed by atoms with Crippen LogP contribution in [-0.2, 0) is 4.74 Å². The fourth-order valence-electron chi connectivity index (χ4n) is 1.45. The van der Waals surface area contributed by atoms with Crippen molar-refractivity contribution in [3.8, 4) is 5.88 Å². The molecule has 1 fully saturated rings. The van der Waals surface area contributed by atoms with Crippen molar-refractivity contribution >= 4 is 0 Å². The van der Waals surface area contributed by atoms with E-state index in [0.29, 0.717) is 6.20 Å². The van der Waals surface area contributed by atoms with E-state index in [9.17, 15) is 24.5 Å². The lowest BCUT2D eigenvalue weighted by atomic mass is 10.1. The number of halogens is 1. The van der Waals surface area contributed by atoms with Crippen molar-refractivity contribution in [2.45, 2.75) is 24.6 Å².